The van der Waals surface area contributed by atoms with Gasteiger partial charge in [-0.3, -0.25) is 9.69 Å². The molecule has 1 atom stereocenters. The number of piperidine rings is 1. The van der Waals surface area contributed by atoms with Crippen LogP contribution in [0, 0.1) is 17.2 Å². The van der Waals surface area contributed by atoms with Gasteiger partial charge >= 0.3 is 0 Å². The predicted molar refractivity (Wildman–Crippen MR) is 100 cm³/mol. The molecule has 4 nitrogen and oxygen atoms in total. The highest BCUT2D eigenvalue weighted by Gasteiger charge is 2.59. The van der Waals surface area contributed by atoms with Crippen LogP contribution in [0.5, 0.6) is 0 Å². The largest absolute Gasteiger partial charge is 0.341 e. The molecule has 1 spiro atoms. The molecular formula is C21H30FN3O. The van der Waals surface area contributed by atoms with Crippen LogP contribution >= 0.6 is 0 Å². The number of carbonyl (C=O) groups is 1. The van der Waals surface area contributed by atoms with Gasteiger partial charge in [0.1, 0.15) is 5.82 Å². The van der Waals surface area contributed by atoms with Crippen molar-refractivity contribution in [1.82, 2.24) is 14.7 Å². The zero-order valence-electron chi connectivity index (χ0n) is 15.8. The van der Waals surface area contributed by atoms with Crippen molar-refractivity contribution in [2.24, 2.45) is 11.3 Å². The Morgan fingerprint density at radius 3 is 2.73 bits per heavy atom. The average molecular weight is 359 g/mol. The maximum absolute atomic E-state index is 13.4. The van der Waals surface area contributed by atoms with Crippen LogP contribution in [0.15, 0.2) is 24.3 Å². The molecule has 3 aliphatic rings. The topological polar surface area (TPSA) is 26.8 Å². The minimum absolute atomic E-state index is 0.160. The van der Waals surface area contributed by atoms with Gasteiger partial charge in [0.2, 0.25) is 5.91 Å². The number of likely N-dealkylation sites (tertiary alicyclic amines) is 1. The molecule has 4 rings (SSSR count). The second-order valence-electron chi connectivity index (χ2n) is 8.51. The van der Waals surface area contributed by atoms with Gasteiger partial charge < -0.3 is 9.80 Å². The maximum atomic E-state index is 13.4. The van der Waals surface area contributed by atoms with E-state index in [9.17, 15) is 9.18 Å². The minimum atomic E-state index is -0.160. The van der Waals surface area contributed by atoms with E-state index in [4.69, 9.17) is 0 Å². The van der Waals surface area contributed by atoms with Gasteiger partial charge in [-0.05, 0) is 75.5 Å². The van der Waals surface area contributed by atoms with Crippen LogP contribution in [-0.2, 0) is 11.3 Å². The van der Waals surface area contributed by atoms with E-state index >= 15 is 0 Å². The molecule has 2 saturated heterocycles. The lowest BCUT2D eigenvalue weighted by atomic mass is 9.90. The second-order valence-corrected chi connectivity index (χ2v) is 8.51. The molecule has 0 radical (unpaired) electrons. The number of hydrogen-bond acceptors (Lipinski definition) is 3. The summed E-state index contributed by atoms with van der Waals surface area (Å²) in [7, 11) is 2.14. The minimum Gasteiger partial charge on any atom is -0.341 e. The maximum Gasteiger partial charge on any atom is 0.226 e. The standard InChI is InChI=1S/C21H30FN3O/c1-23-8-3-9-25(13-12-23)20(26)19-15-21(19)6-10-24(11-7-21)16-17-4-2-5-18(22)14-17/h2,4-5,14,19H,3,6-13,15-16H2,1H3. The second kappa shape index (κ2) is 7.28. The highest BCUT2D eigenvalue weighted by Crippen LogP contribution is 2.60. The highest BCUT2D eigenvalue weighted by molar-refractivity contribution is 5.82. The van der Waals surface area contributed by atoms with Crippen molar-refractivity contribution in [3.05, 3.63) is 35.6 Å². The first kappa shape index (κ1) is 17.9. The molecule has 26 heavy (non-hydrogen) atoms. The molecule has 0 bridgehead atoms. The third-order valence-corrected chi connectivity index (χ3v) is 6.67. The van der Waals surface area contributed by atoms with E-state index in [0.29, 0.717) is 5.91 Å². The third-order valence-electron chi connectivity index (χ3n) is 6.67. The number of halogens is 1. The Morgan fingerprint density at radius 1 is 1.15 bits per heavy atom. The SMILES string of the molecule is CN1CCCN(C(=O)C2CC23CCN(Cc2cccc(F)c2)CC3)CC1. The molecule has 1 aromatic rings. The Balaban J connectivity index is 1.29. The van der Waals surface area contributed by atoms with Gasteiger partial charge in [-0.2, -0.15) is 0 Å². The Morgan fingerprint density at radius 2 is 1.96 bits per heavy atom. The van der Waals surface area contributed by atoms with Crippen LogP contribution in [0.2, 0.25) is 0 Å². The van der Waals surface area contributed by atoms with Crippen molar-refractivity contribution >= 4 is 5.91 Å². The summed E-state index contributed by atoms with van der Waals surface area (Å²) in [4.78, 5) is 19.8. The van der Waals surface area contributed by atoms with E-state index < -0.39 is 0 Å². The first-order valence-corrected chi connectivity index (χ1v) is 10.00. The molecule has 1 saturated carbocycles. The van der Waals surface area contributed by atoms with Crippen molar-refractivity contribution in [3.63, 3.8) is 0 Å². The fourth-order valence-corrected chi connectivity index (χ4v) is 4.79. The Labute approximate surface area is 155 Å². The van der Waals surface area contributed by atoms with Crippen LogP contribution in [0.25, 0.3) is 0 Å². The van der Waals surface area contributed by atoms with Crippen LogP contribution in [0.1, 0.15) is 31.2 Å². The summed E-state index contributed by atoms with van der Waals surface area (Å²) in [6.07, 6.45) is 4.37. The van der Waals surface area contributed by atoms with Crippen LogP contribution in [-0.4, -0.2) is 66.9 Å². The summed E-state index contributed by atoms with van der Waals surface area (Å²) in [6.45, 7) is 6.73. The molecule has 2 aliphatic heterocycles. The molecule has 1 amide bonds. The number of rotatable bonds is 3. The predicted octanol–water partition coefficient (Wildman–Crippen LogP) is 2.59. The first-order chi connectivity index (χ1) is 12.6. The molecule has 2 heterocycles. The number of benzene rings is 1. The molecule has 1 aromatic carbocycles. The Kier molecular flexibility index (Phi) is 5.02. The Hall–Kier alpha value is -1.46. The van der Waals surface area contributed by atoms with Gasteiger partial charge in [0.15, 0.2) is 0 Å². The van der Waals surface area contributed by atoms with E-state index in [0.717, 1.165) is 77.1 Å². The number of amides is 1. The fourth-order valence-electron chi connectivity index (χ4n) is 4.79. The van der Waals surface area contributed by atoms with Gasteiger partial charge in [-0.15, -0.1) is 0 Å². The number of hydrogen-bond donors (Lipinski definition) is 0. The third kappa shape index (κ3) is 3.79. The molecule has 1 aliphatic carbocycles. The summed E-state index contributed by atoms with van der Waals surface area (Å²) < 4.78 is 13.4. The smallest absolute Gasteiger partial charge is 0.226 e. The van der Waals surface area contributed by atoms with E-state index in [1.54, 1.807) is 12.1 Å². The molecule has 1 unspecified atom stereocenters. The average Bonchev–Trinajstić information content (AvgIpc) is 3.37. The van der Waals surface area contributed by atoms with Crippen molar-refractivity contribution < 1.29 is 9.18 Å². The van der Waals surface area contributed by atoms with Crippen molar-refractivity contribution in [3.8, 4) is 0 Å². The van der Waals surface area contributed by atoms with Gasteiger partial charge in [0.05, 0.1) is 0 Å². The van der Waals surface area contributed by atoms with E-state index in [1.807, 2.05) is 6.07 Å². The first-order valence-electron chi connectivity index (χ1n) is 10.00. The van der Waals surface area contributed by atoms with E-state index in [2.05, 4.69) is 21.7 Å². The fraction of sp³-hybridized carbons (Fsp3) is 0.667. The van der Waals surface area contributed by atoms with E-state index in [1.165, 1.54) is 6.07 Å². The Bertz CT molecular complexity index is 656. The normalized spacial score (nSPS) is 26.7. The highest BCUT2D eigenvalue weighted by atomic mass is 19.1. The molecule has 0 aromatic heterocycles. The molecule has 5 heteroatoms. The van der Waals surface area contributed by atoms with Crippen molar-refractivity contribution in [1.29, 1.82) is 0 Å². The summed E-state index contributed by atoms with van der Waals surface area (Å²) in [6, 6.07) is 6.90. The van der Waals surface area contributed by atoms with E-state index in [-0.39, 0.29) is 17.2 Å². The monoisotopic (exact) mass is 359 g/mol. The van der Waals surface area contributed by atoms with Crippen molar-refractivity contribution in [2.75, 3.05) is 46.3 Å². The lowest BCUT2D eigenvalue weighted by Crippen LogP contribution is -2.39. The molecule has 142 valence electrons. The van der Waals surface area contributed by atoms with Gasteiger partial charge in [-0.25, -0.2) is 4.39 Å². The van der Waals surface area contributed by atoms with Gasteiger partial charge in [0, 0.05) is 32.1 Å². The molecular weight excluding hydrogens is 329 g/mol. The van der Waals surface area contributed by atoms with Crippen LogP contribution in [0.4, 0.5) is 4.39 Å². The summed E-state index contributed by atoms with van der Waals surface area (Å²) in [5, 5.41) is 0. The van der Waals surface area contributed by atoms with Crippen molar-refractivity contribution in [2.45, 2.75) is 32.2 Å². The summed E-state index contributed by atoms with van der Waals surface area (Å²) in [5.41, 5.74) is 1.30. The summed E-state index contributed by atoms with van der Waals surface area (Å²) >= 11 is 0. The van der Waals surface area contributed by atoms with Gasteiger partial charge in [-0.1, -0.05) is 12.1 Å². The quantitative estimate of drug-likeness (QED) is 0.830. The number of carbonyl (C=O) groups excluding carboxylic acids is 1. The van der Waals surface area contributed by atoms with Crippen LogP contribution in [0.3, 0.4) is 0 Å². The zero-order valence-corrected chi connectivity index (χ0v) is 15.8. The molecule has 3 fully saturated rings. The number of likely N-dealkylation sites (N-methyl/N-ethyl adjacent to an activating group) is 1. The molecule has 0 N–H and O–H groups in total. The van der Waals surface area contributed by atoms with Gasteiger partial charge in [0.25, 0.3) is 0 Å². The zero-order chi connectivity index (χ0) is 18.1. The summed E-state index contributed by atoms with van der Waals surface area (Å²) in [5.74, 6) is 0.494. The van der Waals surface area contributed by atoms with Crippen LogP contribution < -0.4 is 0 Å². The number of nitrogens with zero attached hydrogens (tertiary/aromatic N) is 3. The lowest BCUT2D eigenvalue weighted by Gasteiger charge is -2.33. The lowest BCUT2D eigenvalue weighted by molar-refractivity contribution is -0.133.